The molecule has 0 bridgehead atoms. The summed E-state index contributed by atoms with van der Waals surface area (Å²) in [6.45, 7) is 10.1. The van der Waals surface area contributed by atoms with Crippen LogP contribution in [-0.2, 0) is 9.53 Å². The van der Waals surface area contributed by atoms with E-state index in [9.17, 15) is 4.79 Å². The molecule has 0 fully saturated rings. The highest BCUT2D eigenvalue weighted by Gasteiger charge is 2.10. The Kier molecular flexibility index (Phi) is 7.10. The van der Waals surface area contributed by atoms with Gasteiger partial charge in [0.15, 0.2) is 0 Å². The van der Waals surface area contributed by atoms with Gasteiger partial charge in [0, 0.05) is 6.42 Å². The van der Waals surface area contributed by atoms with E-state index in [1.165, 1.54) is 0 Å². The summed E-state index contributed by atoms with van der Waals surface area (Å²) >= 11 is 0. The van der Waals surface area contributed by atoms with E-state index in [4.69, 9.17) is 4.74 Å². The van der Waals surface area contributed by atoms with Crippen LogP contribution in [0.5, 0.6) is 0 Å². The number of hydrogen-bond donors (Lipinski definition) is 0. The predicted octanol–water partition coefficient (Wildman–Crippen LogP) is 3.57. The van der Waals surface area contributed by atoms with Crippen LogP contribution in [0.4, 0.5) is 0 Å². The molecule has 2 heteroatoms. The lowest BCUT2D eigenvalue weighted by molar-refractivity contribution is -0.148. The van der Waals surface area contributed by atoms with Crippen molar-refractivity contribution in [2.75, 3.05) is 0 Å². The molecule has 0 heterocycles. The van der Waals surface area contributed by atoms with Crippen LogP contribution in [0.15, 0.2) is 12.2 Å². The van der Waals surface area contributed by atoms with Crippen LogP contribution in [0, 0.1) is 11.8 Å². The van der Waals surface area contributed by atoms with Crippen LogP contribution >= 0.6 is 0 Å². The minimum Gasteiger partial charge on any atom is -0.463 e. The second kappa shape index (κ2) is 7.49. The second-order valence-electron chi connectivity index (χ2n) is 4.76. The Balaban J connectivity index is 3.73. The highest BCUT2D eigenvalue weighted by atomic mass is 16.5. The van der Waals surface area contributed by atoms with Crippen LogP contribution < -0.4 is 0 Å². The topological polar surface area (TPSA) is 26.3 Å². The van der Waals surface area contributed by atoms with Crippen LogP contribution in [0.25, 0.3) is 0 Å². The number of carbonyl (C=O) groups is 1. The van der Waals surface area contributed by atoms with E-state index in [1.807, 2.05) is 13.8 Å². The molecular weight excluding hydrogens is 188 g/mol. The van der Waals surface area contributed by atoms with Crippen molar-refractivity contribution in [2.24, 2.45) is 11.8 Å². The summed E-state index contributed by atoms with van der Waals surface area (Å²) < 4.78 is 5.09. The monoisotopic (exact) mass is 212 g/mol. The smallest absolute Gasteiger partial charge is 0.306 e. The van der Waals surface area contributed by atoms with Crippen molar-refractivity contribution in [3.8, 4) is 0 Å². The molecule has 0 aliphatic heterocycles. The highest BCUT2D eigenvalue weighted by Crippen LogP contribution is 2.11. The molecule has 0 saturated carbocycles. The molecule has 0 amide bonds. The third-order valence-electron chi connectivity index (χ3n) is 1.94. The van der Waals surface area contributed by atoms with Gasteiger partial charge in [-0.2, -0.15) is 0 Å². The minimum absolute atomic E-state index is 0.00379. The summed E-state index contributed by atoms with van der Waals surface area (Å²) in [6, 6.07) is 0. The zero-order valence-electron chi connectivity index (χ0n) is 10.6. The van der Waals surface area contributed by atoms with E-state index in [0.29, 0.717) is 18.3 Å². The Hall–Kier alpha value is -0.790. The molecule has 0 aromatic carbocycles. The average molecular weight is 212 g/mol. The Morgan fingerprint density at radius 3 is 2.27 bits per heavy atom. The first-order chi connectivity index (χ1) is 6.91. The molecule has 1 atom stereocenters. The van der Waals surface area contributed by atoms with Crippen molar-refractivity contribution in [3.63, 3.8) is 0 Å². The summed E-state index contributed by atoms with van der Waals surface area (Å²) in [5.41, 5.74) is 0. The van der Waals surface area contributed by atoms with E-state index >= 15 is 0 Å². The van der Waals surface area contributed by atoms with E-state index in [0.717, 1.165) is 6.42 Å². The minimum atomic E-state index is -0.0875. The standard InChI is InChI=1S/C13H24O2/c1-10(2)7-6-8-12(5)9-13(14)15-11(3)4/h6-7,10-12H,8-9H2,1-5H3. The predicted molar refractivity (Wildman–Crippen MR) is 63.6 cm³/mol. The number of carbonyl (C=O) groups excluding carboxylic acids is 1. The van der Waals surface area contributed by atoms with Crippen molar-refractivity contribution in [1.82, 2.24) is 0 Å². The Labute approximate surface area is 93.7 Å². The van der Waals surface area contributed by atoms with Gasteiger partial charge in [0.2, 0.25) is 0 Å². The van der Waals surface area contributed by atoms with Gasteiger partial charge >= 0.3 is 5.97 Å². The molecule has 88 valence electrons. The van der Waals surface area contributed by atoms with Crippen molar-refractivity contribution in [1.29, 1.82) is 0 Å². The van der Waals surface area contributed by atoms with Gasteiger partial charge < -0.3 is 4.74 Å². The second-order valence-corrected chi connectivity index (χ2v) is 4.76. The third-order valence-corrected chi connectivity index (χ3v) is 1.94. The first kappa shape index (κ1) is 14.2. The SMILES string of the molecule is CC(C)C=CCC(C)CC(=O)OC(C)C. The lowest BCUT2D eigenvalue weighted by Gasteiger charge is -2.11. The summed E-state index contributed by atoms with van der Waals surface area (Å²) in [5, 5.41) is 0. The van der Waals surface area contributed by atoms with E-state index in [2.05, 4.69) is 32.9 Å². The Morgan fingerprint density at radius 2 is 1.80 bits per heavy atom. The molecule has 0 rings (SSSR count). The molecule has 0 aromatic heterocycles. The largest absolute Gasteiger partial charge is 0.463 e. The normalized spacial score (nSPS) is 13.8. The zero-order chi connectivity index (χ0) is 11.8. The molecule has 0 N–H and O–H groups in total. The molecular formula is C13H24O2. The summed E-state index contributed by atoms with van der Waals surface area (Å²) in [4.78, 5) is 11.3. The first-order valence-corrected chi connectivity index (χ1v) is 5.78. The van der Waals surface area contributed by atoms with E-state index in [1.54, 1.807) is 0 Å². The lowest BCUT2D eigenvalue weighted by atomic mass is 10.0. The van der Waals surface area contributed by atoms with Gasteiger partial charge in [0.25, 0.3) is 0 Å². The zero-order valence-corrected chi connectivity index (χ0v) is 10.6. The van der Waals surface area contributed by atoms with Gasteiger partial charge in [-0.15, -0.1) is 0 Å². The van der Waals surface area contributed by atoms with Crippen LogP contribution in [-0.4, -0.2) is 12.1 Å². The summed E-state index contributed by atoms with van der Waals surface area (Å²) in [5.74, 6) is 0.863. The molecule has 0 aliphatic rings. The number of hydrogen-bond acceptors (Lipinski definition) is 2. The maximum atomic E-state index is 11.3. The van der Waals surface area contributed by atoms with Gasteiger partial charge in [0.1, 0.15) is 0 Å². The molecule has 0 saturated heterocycles. The average Bonchev–Trinajstić information content (AvgIpc) is 2.00. The molecule has 0 aromatic rings. The molecule has 0 spiro atoms. The molecule has 0 aliphatic carbocycles. The molecule has 15 heavy (non-hydrogen) atoms. The number of rotatable bonds is 6. The van der Waals surface area contributed by atoms with Crippen molar-refractivity contribution >= 4 is 5.97 Å². The van der Waals surface area contributed by atoms with E-state index < -0.39 is 0 Å². The van der Waals surface area contributed by atoms with Crippen molar-refractivity contribution < 1.29 is 9.53 Å². The van der Waals surface area contributed by atoms with Gasteiger partial charge in [0.05, 0.1) is 6.10 Å². The molecule has 2 nitrogen and oxygen atoms in total. The van der Waals surface area contributed by atoms with Crippen LogP contribution in [0.1, 0.15) is 47.5 Å². The van der Waals surface area contributed by atoms with Crippen molar-refractivity contribution in [2.45, 2.75) is 53.6 Å². The highest BCUT2D eigenvalue weighted by molar-refractivity contribution is 5.69. The fourth-order valence-electron chi connectivity index (χ4n) is 1.26. The molecule has 0 radical (unpaired) electrons. The third kappa shape index (κ3) is 9.51. The maximum Gasteiger partial charge on any atom is 0.306 e. The van der Waals surface area contributed by atoms with E-state index in [-0.39, 0.29) is 12.1 Å². The Bertz CT molecular complexity index is 205. The summed E-state index contributed by atoms with van der Waals surface area (Å²) in [7, 11) is 0. The molecule has 1 unspecified atom stereocenters. The van der Waals surface area contributed by atoms with Gasteiger partial charge in [-0.25, -0.2) is 0 Å². The van der Waals surface area contributed by atoms with Gasteiger partial charge in [-0.3, -0.25) is 4.79 Å². The lowest BCUT2D eigenvalue weighted by Crippen LogP contribution is -2.14. The van der Waals surface area contributed by atoms with Crippen LogP contribution in [0.3, 0.4) is 0 Å². The quantitative estimate of drug-likeness (QED) is 0.497. The van der Waals surface area contributed by atoms with Crippen molar-refractivity contribution in [3.05, 3.63) is 12.2 Å². The number of ether oxygens (including phenoxy) is 1. The fraction of sp³-hybridized carbons (Fsp3) is 0.769. The number of allylic oxidation sites excluding steroid dienone is 2. The fourth-order valence-corrected chi connectivity index (χ4v) is 1.26. The van der Waals surface area contributed by atoms with Crippen LogP contribution in [0.2, 0.25) is 0 Å². The summed E-state index contributed by atoms with van der Waals surface area (Å²) in [6.07, 6.45) is 5.78. The van der Waals surface area contributed by atoms with Gasteiger partial charge in [-0.1, -0.05) is 32.9 Å². The first-order valence-electron chi connectivity index (χ1n) is 5.78. The maximum absolute atomic E-state index is 11.3. The Morgan fingerprint density at radius 1 is 1.20 bits per heavy atom. The number of esters is 1. The van der Waals surface area contributed by atoms with Gasteiger partial charge in [-0.05, 0) is 32.1 Å².